The minimum absolute atomic E-state index is 0.150. The summed E-state index contributed by atoms with van der Waals surface area (Å²) < 4.78 is 0. The van der Waals surface area contributed by atoms with Gasteiger partial charge in [0, 0.05) is 39.3 Å². The Labute approximate surface area is 187 Å². The number of amides is 3. The van der Waals surface area contributed by atoms with Crippen LogP contribution in [0.2, 0.25) is 10.0 Å². The lowest BCUT2D eigenvalue weighted by Crippen LogP contribution is -2.55. The molecule has 0 aliphatic carbocycles. The number of rotatable bonds is 5. The van der Waals surface area contributed by atoms with E-state index in [9.17, 15) is 14.4 Å². The zero-order valence-electron chi connectivity index (χ0n) is 17.2. The molecule has 0 aromatic heterocycles. The molecule has 0 bridgehead atoms. The second-order valence-corrected chi connectivity index (χ2v) is 8.62. The quantitative estimate of drug-likeness (QED) is 0.740. The highest BCUT2D eigenvalue weighted by Gasteiger charge is 2.28. The second kappa shape index (κ2) is 10.5. The van der Waals surface area contributed by atoms with Crippen LogP contribution < -0.4 is 5.32 Å². The molecule has 2 heterocycles. The van der Waals surface area contributed by atoms with Crippen molar-refractivity contribution < 1.29 is 14.4 Å². The van der Waals surface area contributed by atoms with Gasteiger partial charge < -0.3 is 15.1 Å². The Morgan fingerprint density at radius 3 is 2.30 bits per heavy atom. The Balaban J connectivity index is 1.46. The highest BCUT2D eigenvalue weighted by molar-refractivity contribution is 6.43. The number of hydrogen-bond donors (Lipinski definition) is 1. The van der Waals surface area contributed by atoms with Crippen molar-refractivity contribution in [3.63, 3.8) is 0 Å². The molecular weight excluding hydrogens is 427 g/mol. The molecule has 1 aromatic carbocycles. The van der Waals surface area contributed by atoms with Crippen LogP contribution in [0.5, 0.6) is 0 Å². The first-order valence-electron chi connectivity index (χ1n) is 10.4. The van der Waals surface area contributed by atoms with Crippen molar-refractivity contribution in [3.8, 4) is 0 Å². The predicted molar refractivity (Wildman–Crippen MR) is 117 cm³/mol. The van der Waals surface area contributed by atoms with Crippen molar-refractivity contribution in [2.75, 3.05) is 45.8 Å². The first kappa shape index (κ1) is 22.8. The Morgan fingerprint density at radius 1 is 0.967 bits per heavy atom. The summed E-state index contributed by atoms with van der Waals surface area (Å²) in [6.07, 6.45) is 3.36. The van der Waals surface area contributed by atoms with Gasteiger partial charge in [-0.3, -0.25) is 19.3 Å². The zero-order chi connectivity index (χ0) is 21.7. The third-order valence-corrected chi connectivity index (χ3v) is 6.48. The number of halogens is 2. The van der Waals surface area contributed by atoms with Crippen LogP contribution in [0.25, 0.3) is 0 Å². The number of nitrogens with one attached hydrogen (secondary N) is 1. The number of likely N-dealkylation sites (tertiary alicyclic amines) is 1. The highest BCUT2D eigenvalue weighted by atomic mass is 35.5. The number of piperidine rings is 1. The van der Waals surface area contributed by atoms with Crippen LogP contribution in [0.1, 0.15) is 36.5 Å². The van der Waals surface area contributed by atoms with Crippen molar-refractivity contribution in [2.45, 2.75) is 32.2 Å². The molecule has 9 heteroatoms. The normalized spacial score (nSPS) is 18.8. The van der Waals surface area contributed by atoms with Gasteiger partial charge >= 0.3 is 0 Å². The van der Waals surface area contributed by atoms with Crippen LogP contribution in [0.15, 0.2) is 18.2 Å². The molecule has 2 saturated heterocycles. The van der Waals surface area contributed by atoms with Gasteiger partial charge in [-0.15, -0.1) is 0 Å². The van der Waals surface area contributed by atoms with E-state index in [0.29, 0.717) is 37.7 Å². The fourth-order valence-corrected chi connectivity index (χ4v) is 4.24. The summed E-state index contributed by atoms with van der Waals surface area (Å²) in [5.74, 6) is -0.411. The van der Waals surface area contributed by atoms with Gasteiger partial charge in [-0.1, -0.05) is 29.3 Å². The van der Waals surface area contributed by atoms with E-state index in [0.717, 1.165) is 25.9 Å². The van der Waals surface area contributed by atoms with E-state index in [1.807, 2.05) is 4.90 Å². The average Bonchev–Trinajstić information content (AvgIpc) is 2.76. The largest absolute Gasteiger partial charge is 0.342 e. The van der Waals surface area contributed by atoms with E-state index in [1.165, 1.54) is 6.42 Å². The summed E-state index contributed by atoms with van der Waals surface area (Å²) in [7, 11) is 0. The average molecular weight is 455 g/mol. The first-order chi connectivity index (χ1) is 14.4. The van der Waals surface area contributed by atoms with Gasteiger partial charge in [-0.05, 0) is 38.3 Å². The molecular formula is C21H28Cl2N4O3. The van der Waals surface area contributed by atoms with Crippen LogP contribution in [-0.2, 0) is 9.59 Å². The van der Waals surface area contributed by atoms with Crippen LogP contribution in [0.4, 0.5) is 0 Å². The highest BCUT2D eigenvalue weighted by Crippen LogP contribution is 2.25. The molecule has 3 amide bonds. The second-order valence-electron chi connectivity index (χ2n) is 7.84. The van der Waals surface area contributed by atoms with Crippen molar-refractivity contribution in [1.82, 2.24) is 20.0 Å². The molecule has 2 aliphatic rings. The molecule has 0 spiro atoms. The molecule has 2 aliphatic heterocycles. The Morgan fingerprint density at radius 2 is 1.63 bits per heavy atom. The van der Waals surface area contributed by atoms with Crippen LogP contribution >= 0.6 is 23.2 Å². The summed E-state index contributed by atoms with van der Waals surface area (Å²) in [4.78, 5) is 43.4. The number of carbonyl (C=O) groups excluding carboxylic acids is 3. The van der Waals surface area contributed by atoms with Gasteiger partial charge in [0.25, 0.3) is 5.91 Å². The predicted octanol–water partition coefficient (Wildman–Crippen LogP) is 2.27. The SMILES string of the molecule is CC(NC(=O)c1cccc(Cl)c1Cl)C(=O)N1CCN(CC(=O)N2CCCCC2)CC1. The van der Waals surface area contributed by atoms with Gasteiger partial charge in [0.1, 0.15) is 6.04 Å². The lowest BCUT2D eigenvalue weighted by atomic mass is 10.1. The monoisotopic (exact) mass is 454 g/mol. The number of hydrogen-bond acceptors (Lipinski definition) is 4. The van der Waals surface area contributed by atoms with Crippen LogP contribution in [0.3, 0.4) is 0 Å². The molecule has 7 nitrogen and oxygen atoms in total. The van der Waals surface area contributed by atoms with E-state index < -0.39 is 11.9 Å². The van der Waals surface area contributed by atoms with Gasteiger partial charge in [0.2, 0.25) is 11.8 Å². The summed E-state index contributed by atoms with van der Waals surface area (Å²) in [6.45, 7) is 6.12. The first-order valence-corrected chi connectivity index (χ1v) is 11.2. The lowest BCUT2D eigenvalue weighted by Gasteiger charge is -2.37. The maximum atomic E-state index is 12.8. The van der Waals surface area contributed by atoms with Gasteiger partial charge in [-0.25, -0.2) is 0 Å². The van der Waals surface area contributed by atoms with Crippen molar-refractivity contribution >= 4 is 40.9 Å². The molecule has 2 fully saturated rings. The third kappa shape index (κ3) is 5.65. The topological polar surface area (TPSA) is 73.0 Å². The molecule has 3 rings (SSSR count). The van der Waals surface area contributed by atoms with Gasteiger partial charge in [0.05, 0.1) is 22.2 Å². The maximum absolute atomic E-state index is 12.8. The number of benzene rings is 1. The molecule has 0 radical (unpaired) electrons. The fourth-order valence-electron chi connectivity index (χ4n) is 3.85. The number of nitrogens with zero attached hydrogens (tertiary/aromatic N) is 3. The van der Waals surface area contributed by atoms with E-state index in [-0.39, 0.29) is 22.4 Å². The van der Waals surface area contributed by atoms with Gasteiger partial charge in [0.15, 0.2) is 0 Å². The smallest absolute Gasteiger partial charge is 0.253 e. The van der Waals surface area contributed by atoms with Gasteiger partial charge in [-0.2, -0.15) is 0 Å². The molecule has 0 saturated carbocycles. The van der Waals surface area contributed by atoms with E-state index >= 15 is 0 Å². The van der Waals surface area contributed by atoms with Crippen molar-refractivity contribution in [3.05, 3.63) is 33.8 Å². The van der Waals surface area contributed by atoms with Crippen molar-refractivity contribution in [1.29, 1.82) is 0 Å². The summed E-state index contributed by atoms with van der Waals surface area (Å²) >= 11 is 12.0. The fraction of sp³-hybridized carbons (Fsp3) is 0.571. The Kier molecular flexibility index (Phi) is 7.97. The molecule has 1 aromatic rings. The number of piperazine rings is 1. The minimum Gasteiger partial charge on any atom is -0.342 e. The van der Waals surface area contributed by atoms with E-state index in [1.54, 1.807) is 30.0 Å². The summed E-state index contributed by atoms with van der Waals surface area (Å²) in [6, 6.07) is 4.12. The summed E-state index contributed by atoms with van der Waals surface area (Å²) in [5.41, 5.74) is 0.241. The standard InChI is InChI=1S/C21H28Cl2N4O3/c1-15(24-20(29)16-6-5-7-17(22)19(16)23)21(30)27-12-10-25(11-13-27)14-18(28)26-8-3-2-4-9-26/h5-7,15H,2-4,8-14H2,1H3,(H,24,29). The third-order valence-electron chi connectivity index (χ3n) is 5.67. The zero-order valence-corrected chi connectivity index (χ0v) is 18.7. The van der Waals surface area contributed by atoms with Crippen LogP contribution in [-0.4, -0.2) is 84.3 Å². The van der Waals surface area contributed by atoms with E-state index in [2.05, 4.69) is 10.2 Å². The molecule has 1 atom stereocenters. The number of carbonyl (C=O) groups is 3. The van der Waals surface area contributed by atoms with Crippen LogP contribution in [0, 0.1) is 0 Å². The van der Waals surface area contributed by atoms with E-state index in [4.69, 9.17) is 23.2 Å². The Hall–Kier alpha value is -1.83. The maximum Gasteiger partial charge on any atom is 0.253 e. The molecule has 1 N–H and O–H groups in total. The minimum atomic E-state index is -0.686. The lowest BCUT2D eigenvalue weighted by molar-refractivity contribution is -0.136. The molecule has 164 valence electrons. The van der Waals surface area contributed by atoms with Crippen molar-refractivity contribution in [2.24, 2.45) is 0 Å². The Bertz CT molecular complexity index is 790. The summed E-state index contributed by atoms with van der Waals surface area (Å²) in [5, 5.41) is 3.16. The molecule has 30 heavy (non-hydrogen) atoms. The molecule has 1 unspecified atom stereocenters.